The molecule has 3 rings (SSSR count). The summed E-state index contributed by atoms with van der Waals surface area (Å²) in [5.41, 5.74) is 1.06. The molecule has 0 unspecified atom stereocenters. The van der Waals surface area contributed by atoms with Crippen molar-refractivity contribution in [3.63, 3.8) is 0 Å². The second-order valence-electron chi connectivity index (χ2n) is 3.36. The second-order valence-corrected chi connectivity index (χ2v) is 3.36. The fourth-order valence-corrected chi connectivity index (χ4v) is 1.23. The van der Waals surface area contributed by atoms with Gasteiger partial charge in [0.2, 0.25) is 0 Å². The third-order valence-electron chi connectivity index (χ3n) is 1.92. The fourth-order valence-electron chi connectivity index (χ4n) is 1.23. The molecule has 3 nitrogen and oxygen atoms in total. The number of hydrogen-bond acceptors (Lipinski definition) is 2. The molecule has 4 heteroatoms. The van der Waals surface area contributed by atoms with Crippen LogP contribution in [0.5, 0.6) is 0 Å². The maximum Gasteiger partial charge on any atom is 0.0919 e. The Morgan fingerprint density at radius 1 is 1.11 bits per heavy atom. The number of aromatic amines is 1. The van der Waals surface area contributed by atoms with Gasteiger partial charge in [0.05, 0.1) is 11.8 Å². The summed E-state index contributed by atoms with van der Waals surface area (Å²) in [6.45, 7) is 5.25. The number of fused-ring (bicyclic) bond motifs is 1. The van der Waals surface area contributed by atoms with E-state index in [1.807, 2.05) is 37.4 Å². The van der Waals surface area contributed by atoms with E-state index in [9.17, 15) is 0 Å². The molecule has 1 aromatic carbocycles. The lowest BCUT2D eigenvalue weighted by atomic mass is 10.2. The summed E-state index contributed by atoms with van der Waals surface area (Å²) in [5, 5.41) is 1.20. The first-order valence-corrected chi connectivity index (χ1v) is 5.68. The lowest BCUT2D eigenvalue weighted by Crippen LogP contribution is -1.73. The summed E-state index contributed by atoms with van der Waals surface area (Å²) in [7, 11) is 0. The molecule has 0 bridgehead atoms. The normalized spacial score (nSPS) is 8.05. The number of pyridine rings is 1. The van der Waals surface area contributed by atoms with E-state index in [0.29, 0.717) is 0 Å². The van der Waals surface area contributed by atoms with Gasteiger partial charge in [-0.15, -0.1) is 19.0 Å². The number of nitrogens with zero attached hydrogens (tertiary/aromatic N) is 2. The maximum absolute atomic E-state index is 4.18. The fraction of sp³-hybridized carbons (Fsp3) is 0.0667. The minimum Gasteiger partial charge on any atom is -0.351 e. The number of allylic oxidation sites excluding steroid dienone is 1. The summed E-state index contributed by atoms with van der Waals surface area (Å²) in [5.74, 6) is 0. The van der Waals surface area contributed by atoms with Crippen LogP contribution in [0.2, 0.25) is 0 Å². The minimum absolute atomic E-state index is 0. The van der Waals surface area contributed by atoms with Crippen LogP contribution in [0.15, 0.2) is 74.0 Å². The summed E-state index contributed by atoms with van der Waals surface area (Å²) in [4.78, 5) is 10.6. The molecule has 19 heavy (non-hydrogen) atoms. The molecular weight excluding hydrogens is 258 g/mol. The van der Waals surface area contributed by atoms with Crippen LogP contribution in [0.4, 0.5) is 0 Å². The minimum atomic E-state index is 0. The standard InChI is InChI=1S/C9H7N.C3H4N2.C3H6.ClH/c1-2-6-9-8(4-1)5-3-7-10-9;1-2-5-3-4-1;1-3-2;/h1-7H;1-3H,(H,4,5);3H,1H2,2H3;1H. The molecule has 2 heterocycles. The zero-order chi connectivity index (χ0) is 13.1. The molecule has 0 saturated heterocycles. The Bertz CT molecular complexity index is 467. The van der Waals surface area contributed by atoms with Gasteiger partial charge < -0.3 is 4.98 Å². The molecule has 0 spiro atoms. The van der Waals surface area contributed by atoms with E-state index in [-0.39, 0.29) is 12.4 Å². The molecular formula is C15H18ClN3. The highest BCUT2D eigenvalue weighted by atomic mass is 35.5. The average molecular weight is 276 g/mol. The van der Waals surface area contributed by atoms with Crippen LogP contribution in [0.3, 0.4) is 0 Å². The number of H-pyrrole nitrogens is 1. The summed E-state index contributed by atoms with van der Waals surface area (Å²) in [6.07, 6.45) is 8.64. The van der Waals surface area contributed by atoms with Crippen LogP contribution in [-0.2, 0) is 0 Å². The van der Waals surface area contributed by atoms with Crippen LogP contribution in [0, 0.1) is 0 Å². The lowest BCUT2D eigenvalue weighted by Gasteiger charge is -1.91. The van der Waals surface area contributed by atoms with Gasteiger partial charge in [0.1, 0.15) is 0 Å². The van der Waals surface area contributed by atoms with Crippen molar-refractivity contribution in [3.8, 4) is 0 Å². The van der Waals surface area contributed by atoms with Crippen LogP contribution in [0.25, 0.3) is 10.9 Å². The van der Waals surface area contributed by atoms with Crippen LogP contribution >= 0.6 is 12.4 Å². The summed E-state index contributed by atoms with van der Waals surface area (Å²) in [6, 6.07) is 12.1. The Labute approximate surface area is 119 Å². The third kappa shape index (κ3) is 7.01. The highest BCUT2D eigenvalue weighted by molar-refractivity contribution is 5.85. The van der Waals surface area contributed by atoms with Crippen LogP contribution in [0.1, 0.15) is 6.92 Å². The van der Waals surface area contributed by atoms with Crippen molar-refractivity contribution in [2.45, 2.75) is 6.92 Å². The molecule has 0 fully saturated rings. The van der Waals surface area contributed by atoms with Gasteiger partial charge in [-0.1, -0.05) is 30.3 Å². The van der Waals surface area contributed by atoms with Crippen molar-refractivity contribution in [1.29, 1.82) is 0 Å². The Hall–Kier alpha value is -2.13. The Balaban J connectivity index is 0.000000307. The maximum atomic E-state index is 4.18. The van der Waals surface area contributed by atoms with Gasteiger partial charge in [-0.05, 0) is 19.1 Å². The number of aromatic nitrogens is 3. The Morgan fingerprint density at radius 2 is 1.79 bits per heavy atom. The van der Waals surface area contributed by atoms with Crippen LogP contribution < -0.4 is 0 Å². The quantitative estimate of drug-likeness (QED) is 0.623. The topological polar surface area (TPSA) is 41.6 Å². The van der Waals surface area contributed by atoms with Gasteiger partial charge >= 0.3 is 0 Å². The molecule has 100 valence electrons. The number of para-hydroxylation sites is 1. The van der Waals surface area contributed by atoms with Crippen molar-refractivity contribution >= 4 is 23.3 Å². The highest BCUT2D eigenvalue weighted by Gasteiger charge is 1.86. The lowest BCUT2D eigenvalue weighted by molar-refractivity contribution is 1.31. The first-order chi connectivity index (χ1) is 8.88. The average Bonchev–Trinajstić information content (AvgIpc) is 2.99. The van der Waals surface area contributed by atoms with Crippen molar-refractivity contribution < 1.29 is 0 Å². The Morgan fingerprint density at radius 3 is 2.32 bits per heavy atom. The van der Waals surface area contributed by atoms with Gasteiger partial charge in [-0.3, -0.25) is 4.98 Å². The first-order valence-electron chi connectivity index (χ1n) is 5.68. The molecule has 2 aromatic heterocycles. The molecule has 0 radical (unpaired) electrons. The third-order valence-corrected chi connectivity index (χ3v) is 1.92. The van der Waals surface area contributed by atoms with Gasteiger partial charge in [-0.2, -0.15) is 0 Å². The number of halogens is 1. The molecule has 0 aliphatic carbocycles. The number of imidazole rings is 1. The monoisotopic (exact) mass is 275 g/mol. The zero-order valence-electron chi connectivity index (χ0n) is 10.9. The van der Waals surface area contributed by atoms with Crippen molar-refractivity contribution in [1.82, 2.24) is 15.0 Å². The van der Waals surface area contributed by atoms with E-state index < -0.39 is 0 Å². The zero-order valence-corrected chi connectivity index (χ0v) is 11.7. The molecule has 0 aliphatic rings. The van der Waals surface area contributed by atoms with Crippen molar-refractivity contribution in [2.24, 2.45) is 0 Å². The SMILES string of the molecule is C=CC.Cl.c1c[nH]cn1.c1ccc2ncccc2c1. The van der Waals surface area contributed by atoms with Gasteiger partial charge in [0.25, 0.3) is 0 Å². The summed E-state index contributed by atoms with van der Waals surface area (Å²) >= 11 is 0. The number of benzene rings is 1. The number of rotatable bonds is 0. The molecule has 0 aliphatic heterocycles. The van der Waals surface area contributed by atoms with E-state index in [1.54, 1.807) is 24.8 Å². The number of nitrogens with one attached hydrogen (secondary N) is 1. The van der Waals surface area contributed by atoms with Gasteiger partial charge in [0, 0.05) is 24.0 Å². The highest BCUT2D eigenvalue weighted by Crippen LogP contribution is 2.07. The van der Waals surface area contributed by atoms with E-state index in [4.69, 9.17) is 0 Å². The molecule has 1 N–H and O–H groups in total. The van der Waals surface area contributed by atoms with Gasteiger partial charge in [0.15, 0.2) is 0 Å². The summed E-state index contributed by atoms with van der Waals surface area (Å²) < 4.78 is 0. The van der Waals surface area contributed by atoms with Crippen molar-refractivity contribution in [3.05, 3.63) is 74.0 Å². The van der Waals surface area contributed by atoms with E-state index in [1.165, 1.54) is 5.39 Å². The van der Waals surface area contributed by atoms with Gasteiger partial charge in [-0.25, -0.2) is 4.98 Å². The molecule has 0 amide bonds. The molecule has 0 atom stereocenters. The van der Waals surface area contributed by atoms with E-state index in [2.05, 4.69) is 33.7 Å². The first kappa shape index (κ1) is 16.9. The van der Waals surface area contributed by atoms with E-state index in [0.717, 1.165) is 5.52 Å². The molecule has 3 aromatic rings. The second kappa shape index (κ2) is 11.0. The van der Waals surface area contributed by atoms with Crippen molar-refractivity contribution in [2.75, 3.05) is 0 Å². The molecule has 0 saturated carbocycles. The number of hydrogen-bond donors (Lipinski definition) is 1. The smallest absolute Gasteiger partial charge is 0.0919 e. The predicted octanol–water partition coefficient (Wildman–Crippen LogP) is 4.26. The van der Waals surface area contributed by atoms with Crippen LogP contribution in [-0.4, -0.2) is 15.0 Å². The van der Waals surface area contributed by atoms with E-state index >= 15 is 0 Å². The predicted molar refractivity (Wildman–Crippen MR) is 83.4 cm³/mol. The Kier molecular flexibility index (Phi) is 9.76. The largest absolute Gasteiger partial charge is 0.351 e.